The Labute approximate surface area is 72.2 Å². The van der Waals surface area contributed by atoms with E-state index < -0.39 is 0 Å². The summed E-state index contributed by atoms with van der Waals surface area (Å²) in [6, 6.07) is 5.08. The zero-order valence-corrected chi connectivity index (χ0v) is 6.84. The van der Waals surface area contributed by atoms with Crippen molar-refractivity contribution in [2.24, 2.45) is 0 Å². The van der Waals surface area contributed by atoms with E-state index in [9.17, 15) is 0 Å². The van der Waals surface area contributed by atoms with Crippen LogP contribution in [-0.2, 0) is 0 Å². The van der Waals surface area contributed by atoms with E-state index in [0.717, 1.165) is 10.2 Å². The van der Waals surface area contributed by atoms with Gasteiger partial charge in [-0.05, 0) is 12.1 Å². The van der Waals surface area contributed by atoms with Crippen LogP contribution in [0.3, 0.4) is 0 Å². The molecule has 0 bridgehead atoms. The summed E-state index contributed by atoms with van der Waals surface area (Å²) in [6.07, 6.45) is 0. The minimum atomic E-state index is 0.368. The third-order valence-corrected chi connectivity index (χ3v) is 2.35. The molecule has 0 amide bonds. The number of nitrogen functional groups attached to an aromatic ring is 1. The lowest BCUT2D eigenvalue weighted by molar-refractivity contribution is -0.137. The van der Waals surface area contributed by atoms with Gasteiger partial charge in [0.2, 0.25) is 0 Å². The molecule has 1 heterocycles. The van der Waals surface area contributed by atoms with E-state index in [1.54, 1.807) is 18.2 Å². The molecule has 5 heteroatoms. The van der Waals surface area contributed by atoms with Crippen LogP contribution < -0.4 is 10.6 Å². The maximum Gasteiger partial charge on any atom is 0.181 e. The summed E-state index contributed by atoms with van der Waals surface area (Å²) in [5.74, 6) is 0.368. The molecular weight excluding hydrogens is 176 g/mol. The second kappa shape index (κ2) is 2.62. The summed E-state index contributed by atoms with van der Waals surface area (Å²) in [7, 11) is 0. The number of rotatable bonds is 1. The first-order valence-electron chi connectivity index (χ1n) is 3.27. The molecular formula is C7H6N2O2S. The molecule has 0 spiro atoms. The molecule has 0 radical (unpaired) electrons. The first-order chi connectivity index (χ1) is 5.79. The molecule has 0 aliphatic heterocycles. The van der Waals surface area contributed by atoms with Crippen LogP contribution in [0.4, 0.5) is 5.13 Å². The Hall–Kier alpha value is -1.33. The van der Waals surface area contributed by atoms with E-state index in [4.69, 9.17) is 11.0 Å². The Morgan fingerprint density at radius 3 is 3.08 bits per heavy atom. The molecule has 0 saturated carbocycles. The lowest BCUT2D eigenvalue weighted by Crippen LogP contribution is -1.82. The van der Waals surface area contributed by atoms with Gasteiger partial charge in [0.1, 0.15) is 0 Å². The van der Waals surface area contributed by atoms with Crippen molar-refractivity contribution in [3.05, 3.63) is 18.2 Å². The number of fused-ring (bicyclic) bond motifs is 1. The Kier molecular flexibility index (Phi) is 1.60. The van der Waals surface area contributed by atoms with E-state index in [2.05, 4.69) is 9.87 Å². The molecule has 0 fully saturated rings. The van der Waals surface area contributed by atoms with Crippen molar-refractivity contribution >= 4 is 26.7 Å². The standard InChI is InChI=1S/C7H6N2O2S/c8-7-9-5-3-4(11-10)1-2-6(5)12-7/h1-3,10H,(H2,8,9). The van der Waals surface area contributed by atoms with E-state index in [1.165, 1.54) is 11.3 Å². The number of nitrogens with two attached hydrogens (primary N) is 1. The third kappa shape index (κ3) is 1.09. The van der Waals surface area contributed by atoms with E-state index >= 15 is 0 Å². The number of anilines is 1. The molecule has 3 N–H and O–H groups in total. The van der Waals surface area contributed by atoms with E-state index in [1.807, 2.05) is 0 Å². The molecule has 0 aliphatic rings. The molecule has 0 unspecified atom stereocenters. The lowest BCUT2D eigenvalue weighted by Gasteiger charge is -1.93. The van der Waals surface area contributed by atoms with Crippen molar-refractivity contribution in [1.82, 2.24) is 4.98 Å². The highest BCUT2D eigenvalue weighted by atomic mass is 32.1. The van der Waals surface area contributed by atoms with Crippen LogP contribution >= 0.6 is 11.3 Å². The summed E-state index contributed by atoms with van der Waals surface area (Å²) in [5.41, 5.74) is 6.23. The van der Waals surface area contributed by atoms with Gasteiger partial charge in [-0.15, -0.1) is 0 Å². The molecule has 1 aromatic heterocycles. The zero-order valence-electron chi connectivity index (χ0n) is 6.02. The van der Waals surface area contributed by atoms with Gasteiger partial charge in [-0.25, -0.2) is 10.2 Å². The summed E-state index contributed by atoms with van der Waals surface area (Å²) < 4.78 is 0.980. The van der Waals surface area contributed by atoms with Crippen LogP contribution in [0, 0.1) is 0 Å². The Balaban J connectivity index is 2.66. The normalized spacial score (nSPS) is 10.4. The number of benzene rings is 1. The van der Waals surface area contributed by atoms with Crippen molar-refractivity contribution in [3.63, 3.8) is 0 Å². The SMILES string of the molecule is Nc1nc2cc(OO)ccc2s1. The Bertz CT molecular complexity index is 413. The topological polar surface area (TPSA) is 68.4 Å². The highest BCUT2D eigenvalue weighted by Gasteiger charge is 2.01. The monoisotopic (exact) mass is 182 g/mol. The average Bonchev–Trinajstić information content (AvgIpc) is 2.43. The van der Waals surface area contributed by atoms with Crippen molar-refractivity contribution in [2.75, 3.05) is 5.73 Å². The van der Waals surface area contributed by atoms with Crippen molar-refractivity contribution in [2.45, 2.75) is 0 Å². The smallest absolute Gasteiger partial charge is 0.181 e. The zero-order chi connectivity index (χ0) is 8.55. The van der Waals surface area contributed by atoms with Crippen molar-refractivity contribution < 1.29 is 10.1 Å². The molecule has 62 valence electrons. The minimum Gasteiger partial charge on any atom is -0.375 e. The summed E-state index contributed by atoms with van der Waals surface area (Å²) >= 11 is 1.40. The van der Waals surface area contributed by atoms with Gasteiger partial charge in [0.15, 0.2) is 10.9 Å². The first kappa shape index (κ1) is 7.33. The number of thiazole rings is 1. The fraction of sp³-hybridized carbons (Fsp3) is 0. The predicted molar refractivity (Wildman–Crippen MR) is 47.3 cm³/mol. The van der Waals surface area contributed by atoms with Crippen molar-refractivity contribution in [3.8, 4) is 5.75 Å². The van der Waals surface area contributed by atoms with Gasteiger partial charge in [0.25, 0.3) is 0 Å². The quantitative estimate of drug-likeness (QED) is 0.520. The van der Waals surface area contributed by atoms with Crippen molar-refractivity contribution in [1.29, 1.82) is 0 Å². The van der Waals surface area contributed by atoms with Crippen LogP contribution in [0.2, 0.25) is 0 Å². The maximum atomic E-state index is 8.35. The van der Waals surface area contributed by atoms with Crippen LogP contribution in [0.25, 0.3) is 10.2 Å². The Morgan fingerprint density at radius 2 is 2.33 bits per heavy atom. The van der Waals surface area contributed by atoms with Gasteiger partial charge in [-0.2, -0.15) is 0 Å². The molecule has 0 atom stereocenters. The number of nitrogens with zero attached hydrogens (tertiary/aromatic N) is 1. The number of hydrogen-bond acceptors (Lipinski definition) is 5. The molecule has 1 aromatic carbocycles. The molecule has 4 nitrogen and oxygen atoms in total. The second-order valence-corrected chi connectivity index (χ2v) is 3.34. The molecule has 0 aliphatic carbocycles. The van der Waals surface area contributed by atoms with Crippen LogP contribution in [0.15, 0.2) is 18.2 Å². The predicted octanol–water partition coefficient (Wildman–Crippen LogP) is 1.73. The highest BCUT2D eigenvalue weighted by Crippen LogP contribution is 2.26. The maximum absolute atomic E-state index is 8.35. The first-order valence-corrected chi connectivity index (χ1v) is 4.09. The summed E-state index contributed by atoms with van der Waals surface area (Å²) in [5, 5.41) is 8.86. The third-order valence-electron chi connectivity index (χ3n) is 1.48. The Morgan fingerprint density at radius 1 is 1.50 bits per heavy atom. The number of hydrogen-bond donors (Lipinski definition) is 2. The fourth-order valence-corrected chi connectivity index (χ4v) is 1.70. The summed E-state index contributed by atoms with van der Waals surface area (Å²) in [4.78, 5) is 8.08. The van der Waals surface area contributed by atoms with Gasteiger partial charge >= 0.3 is 0 Å². The lowest BCUT2D eigenvalue weighted by atomic mass is 10.3. The van der Waals surface area contributed by atoms with Gasteiger partial charge in [-0.3, -0.25) is 0 Å². The van der Waals surface area contributed by atoms with Gasteiger partial charge < -0.3 is 10.6 Å². The van der Waals surface area contributed by atoms with Gasteiger partial charge in [0.05, 0.1) is 10.2 Å². The summed E-state index contributed by atoms with van der Waals surface area (Å²) in [6.45, 7) is 0. The van der Waals surface area contributed by atoms with E-state index in [0.29, 0.717) is 10.9 Å². The highest BCUT2D eigenvalue weighted by molar-refractivity contribution is 7.22. The average molecular weight is 182 g/mol. The fourth-order valence-electron chi connectivity index (χ4n) is 0.982. The van der Waals surface area contributed by atoms with Gasteiger partial charge in [-0.1, -0.05) is 11.3 Å². The second-order valence-electron chi connectivity index (χ2n) is 2.27. The number of aromatic nitrogens is 1. The van der Waals surface area contributed by atoms with Crippen LogP contribution in [0.5, 0.6) is 5.75 Å². The minimum absolute atomic E-state index is 0.368. The van der Waals surface area contributed by atoms with Crippen LogP contribution in [0.1, 0.15) is 0 Å². The van der Waals surface area contributed by atoms with Crippen LogP contribution in [-0.4, -0.2) is 10.2 Å². The largest absolute Gasteiger partial charge is 0.375 e. The van der Waals surface area contributed by atoms with E-state index in [-0.39, 0.29) is 0 Å². The molecule has 2 aromatic rings. The molecule has 2 rings (SSSR count). The molecule has 0 saturated heterocycles. The van der Waals surface area contributed by atoms with Gasteiger partial charge in [0, 0.05) is 6.07 Å². The molecule has 12 heavy (non-hydrogen) atoms.